The SMILES string of the molecule is CCCCCCCCCCCCCC(C)C(=O)SCC. The van der Waals surface area contributed by atoms with E-state index in [0.717, 1.165) is 12.2 Å². The first-order valence-electron chi connectivity index (χ1n) is 8.89. The van der Waals surface area contributed by atoms with Gasteiger partial charge in [-0.25, -0.2) is 0 Å². The largest absolute Gasteiger partial charge is 0.287 e. The highest BCUT2D eigenvalue weighted by atomic mass is 32.2. The maximum Gasteiger partial charge on any atom is 0.191 e. The van der Waals surface area contributed by atoms with Crippen LogP contribution in [0, 0.1) is 5.92 Å². The lowest BCUT2D eigenvalue weighted by molar-refractivity contribution is -0.114. The molecule has 0 heterocycles. The molecular formula is C18H36OS. The molecule has 0 saturated heterocycles. The van der Waals surface area contributed by atoms with Crippen LogP contribution in [-0.2, 0) is 4.79 Å². The van der Waals surface area contributed by atoms with E-state index >= 15 is 0 Å². The summed E-state index contributed by atoms with van der Waals surface area (Å²) in [5, 5.41) is 0.388. The molecule has 1 unspecified atom stereocenters. The van der Waals surface area contributed by atoms with Crippen molar-refractivity contribution >= 4 is 16.9 Å². The Morgan fingerprint density at radius 3 is 1.70 bits per heavy atom. The number of carbonyl (C=O) groups is 1. The van der Waals surface area contributed by atoms with E-state index in [1.165, 1.54) is 82.4 Å². The van der Waals surface area contributed by atoms with Crippen LogP contribution in [0.15, 0.2) is 0 Å². The first-order valence-corrected chi connectivity index (χ1v) is 9.87. The Morgan fingerprint density at radius 2 is 1.25 bits per heavy atom. The molecule has 0 aliphatic heterocycles. The average Bonchev–Trinajstić information content (AvgIpc) is 2.44. The Kier molecular flexibility index (Phi) is 15.4. The van der Waals surface area contributed by atoms with Crippen LogP contribution in [0.5, 0.6) is 0 Å². The standard InChI is InChI=1S/C18H36OS/c1-4-6-7-8-9-10-11-12-13-14-15-16-17(3)18(19)20-5-2/h17H,4-16H2,1-3H3. The number of hydrogen-bond donors (Lipinski definition) is 0. The van der Waals surface area contributed by atoms with E-state index in [9.17, 15) is 4.79 Å². The van der Waals surface area contributed by atoms with Crippen LogP contribution < -0.4 is 0 Å². The Hall–Kier alpha value is 0.0200. The lowest BCUT2D eigenvalue weighted by Crippen LogP contribution is -2.06. The monoisotopic (exact) mass is 300 g/mol. The zero-order valence-electron chi connectivity index (χ0n) is 14.1. The molecule has 2 heteroatoms. The molecule has 0 N–H and O–H groups in total. The summed E-state index contributed by atoms with van der Waals surface area (Å²) < 4.78 is 0. The second-order valence-corrected chi connectivity index (χ2v) is 7.25. The van der Waals surface area contributed by atoms with E-state index in [4.69, 9.17) is 0 Å². The van der Waals surface area contributed by atoms with E-state index < -0.39 is 0 Å². The number of hydrogen-bond acceptors (Lipinski definition) is 2. The summed E-state index contributed by atoms with van der Waals surface area (Å²) >= 11 is 1.48. The summed E-state index contributed by atoms with van der Waals surface area (Å²) in [4.78, 5) is 11.6. The van der Waals surface area contributed by atoms with E-state index in [1.807, 2.05) is 0 Å². The highest BCUT2D eigenvalue weighted by Gasteiger charge is 2.11. The fourth-order valence-electron chi connectivity index (χ4n) is 2.52. The summed E-state index contributed by atoms with van der Waals surface area (Å²) in [5.41, 5.74) is 0. The van der Waals surface area contributed by atoms with Crippen molar-refractivity contribution in [2.75, 3.05) is 5.75 Å². The van der Waals surface area contributed by atoms with E-state index in [1.54, 1.807) is 0 Å². The highest BCUT2D eigenvalue weighted by molar-refractivity contribution is 8.13. The molecule has 0 saturated carbocycles. The minimum Gasteiger partial charge on any atom is -0.287 e. The summed E-state index contributed by atoms with van der Waals surface area (Å²) in [6.45, 7) is 6.41. The van der Waals surface area contributed by atoms with Crippen LogP contribution in [0.2, 0.25) is 0 Å². The van der Waals surface area contributed by atoms with Crippen molar-refractivity contribution < 1.29 is 4.79 Å². The third-order valence-electron chi connectivity index (χ3n) is 3.93. The molecular weight excluding hydrogens is 264 g/mol. The predicted octanol–water partition coefficient (Wildman–Crippen LogP) is 6.60. The predicted molar refractivity (Wildman–Crippen MR) is 93.4 cm³/mol. The van der Waals surface area contributed by atoms with Gasteiger partial charge in [0.25, 0.3) is 0 Å². The van der Waals surface area contributed by atoms with Gasteiger partial charge < -0.3 is 0 Å². The van der Waals surface area contributed by atoms with Crippen LogP contribution >= 0.6 is 11.8 Å². The molecule has 0 rings (SSSR count). The summed E-state index contributed by atoms with van der Waals surface area (Å²) in [6, 6.07) is 0. The van der Waals surface area contributed by atoms with Gasteiger partial charge in [0.2, 0.25) is 0 Å². The van der Waals surface area contributed by atoms with E-state index in [2.05, 4.69) is 20.8 Å². The van der Waals surface area contributed by atoms with Gasteiger partial charge >= 0.3 is 0 Å². The molecule has 0 amide bonds. The molecule has 1 atom stereocenters. The first kappa shape index (κ1) is 20.0. The van der Waals surface area contributed by atoms with Crippen molar-refractivity contribution in [1.29, 1.82) is 0 Å². The van der Waals surface area contributed by atoms with Crippen LogP contribution in [0.3, 0.4) is 0 Å². The lowest BCUT2D eigenvalue weighted by Gasteiger charge is -2.08. The second kappa shape index (κ2) is 15.4. The van der Waals surface area contributed by atoms with Gasteiger partial charge in [0.05, 0.1) is 0 Å². The summed E-state index contributed by atoms with van der Waals surface area (Å²) in [5.74, 6) is 1.18. The maximum absolute atomic E-state index is 11.6. The van der Waals surface area contributed by atoms with Crippen LogP contribution in [0.25, 0.3) is 0 Å². The van der Waals surface area contributed by atoms with Crippen molar-refractivity contribution in [2.24, 2.45) is 5.92 Å². The minimum atomic E-state index is 0.263. The molecule has 0 aromatic rings. The van der Waals surface area contributed by atoms with E-state index in [0.29, 0.717) is 5.12 Å². The smallest absolute Gasteiger partial charge is 0.191 e. The number of thioether (sulfide) groups is 1. The molecule has 1 nitrogen and oxygen atoms in total. The van der Waals surface area contributed by atoms with Gasteiger partial charge in [0, 0.05) is 5.92 Å². The van der Waals surface area contributed by atoms with Gasteiger partial charge in [-0.05, 0) is 12.2 Å². The van der Waals surface area contributed by atoms with Gasteiger partial charge in [-0.15, -0.1) is 0 Å². The highest BCUT2D eigenvalue weighted by Crippen LogP contribution is 2.18. The van der Waals surface area contributed by atoms with Crippen molar-refractivity contribution in [2.45, 2.75) is 97.8 Å². The molecule has 0 aliphatic rings. The molecule has 20 heavy (non-hydrogen) atoms. The molecule has 0 aromatic heterocycles. The lowest BCUT2D eigenvalue weighted by atomic mass is 10.0. The molecule has 0 aliphatic carbocycles. The van der Waals surface area contributed by atoms with E-state index in [-0.39, 0.29) is 5.92 Å². The normalized spacial score (nSPS) is 12.6. The van der Waals surface area contributed by atoms with Gasteiger partial charge in [0.1, 0.15) is 0 Å². The van der Waals surface area contributed by atoms with Crippen molar-refractivity contribution in [3.8, 4) is 0 Å². The fourth-order valence-corrected chi connectivity index (χ4v) is 3.20. The summed E-state index contributed by atoms with van der Waals surface area (Å²) in [7, 11) is 0. The fraction of sp³-hybridized carbons (Fsp3) is 0.944. The van der Waals surface area contributed by atoms with Crippen molar-refractivity contribution in [3.05, 3.63) is 0 Å². The number of unbranched alkanes of at least 4 members (excludes halogenated alkanes) is 10. The van der Waals surface area contributed by atoms with Crippen molar-refractivity contribution in [3.63, 3.8) is 0 Å². The maximum atomic E-state index is 11.6. The number of carbonyl (C=O) groups excluding carboxylic acids is 1. The number of rotatable bonds is 14. The second-order valence-electron chi connectivity index (χ2n) is 5.98. The molecule has 0 fully saturated rings. The third kappa shape index (κ3) is 13.0. The Morgan fingerprint density at radius 1 is 0.800 bits per heavy atom. The average molecular weight is 301 g/mol. The van der Waals surface area contributed by atoms with Gasteiger partial charge in [-0.1, -0.05) is 103 Å². The zero-order chi connectivity index (χ0) is 15.1. The van der Waals surface area contributed by atoms with Crippen LogP contribution in [0.4, 0.5) is 0 Å². The topological polar surface area (TPSA) is 17.1 Å². The van der Waals surface area contributed by atoms with Gasteiger partial charge in [0.15, 0.2) is 5.12 Å². The Bertz CT molecular complexity index is 215. The Balaban J connectivity index is 3.18. The molecule has 0 aromatic carbocycles. The minimum absolute atomic E-state index is 0.263. The summed E-state index contributed by atoms with van der Waals surface area (Å²) in [6.07, 6.45) is 16.3. The molecule has 0 radical (unpaired) electrons. The van der Waals surface area contributed by atoms with Crippen molar-refractivity contribution in [1.82, 2.24) is 0 Å². The third-order valence-corrected chi connectivity index (χ3v) is 4.91. The van der Waals surface area contributed by atoms with Gasteiger partial charge in [-0.2, -0.15) is 0 Å². The zero-order valence-corrected chi connectivity index (χ0v) is 14.9. The van der Waals surface area contributed by atoms with Crippen LogP contribution in [-0.4, -0.2) is 10.9 Å². The van der Waals surface area contributed by atoms with Crippen LogP contribution in [0.1, 0.15) is 97.8 Å². The molecule has 0 spiro atoms. The first-order chi connectivity index (χ1) is 9.72. The molecule has 120 valence electrons. The van der Waals surface area contributed by atoms with Gasteiger partial charge in [-0.3, -0.25) is 4.79 Å². The Labute approximate surface area is 131 Å². The molecule has 0 bridgehead atoms. The quantitative estimate of drug-likeness (QED) is 0.336.